The van der Waals surface area contributed by atoms with Gasteiger partial charge in [0.25, 0.3) is 0 Å². The van der Waals surface area contributed by atoms with E-state index < -0.39 is 11.6 Å². The highest BCUT2D eigenvalue weighted by molar-refractivity contribution is 6.33. The summed E-state index contributed by atoms with van der Waals surface area (Å²) in [6, 6.07) is 5.10. The summed E-state index contributed by atoms with van der Waals surface area (Å²) in [4.78, 5) is 39.2. The van der Waals surface area contributed by atoms with Gasteiger partial charge in [-0.05, 0) is 45.4 Å². The first-order valence-electron chi connectivity index (χ1n) is 9.75. The Morgan fingerprint density at radius 2 is 1.90 bits per heavy atom. The maximum Gasteiger partial charge on any atom is 0.410 e. The van der Waals surface area contributed by atoms with Gasteiger partial charge in [-0.1, -0.05) is 11.6 Å². The van der Waals surface area contributed by atoms with Crippen LogP contribution in [0.5, 0.6) is 0 Å². The van der Waals surface area contributed by atoms with Crippen molar-refractivity contribution in [1.82, 2.24) is 10.2 Å². The summed E-state index contributed by atoms with van der Waals surface area (Å²) >= 11 is 6.48. The lowest BCUT2D eigenvalue weighted by atomic mass is 10.1. The number of imide groups is 1. The topological polar surface area (TPSA) is 91.0 Å². The molecule has 2 aliphatic rings. The molecule has 8 nitrogen and oxygen atoms in total. The third kappa shape index (κ3) is 5.53. The molecule has 0 bridgehead atoms. The van der Waals surface area contributed by atoms with Crippen molar-refractivity contribution in [3.05, 3.63) is 23.2 Å². The van der Waals surface area contributed by atoms with Crippen LogP contribution >= 0.6 is 11.6 Å². The Morgan fingerprint density at radius 1 is 1.21 bits per heavy atom. The second-order valence-electron chi connectivity index (χ2n) is 8.27. The van der Waals surface area contributed by atoms with Crippen molar-refractivity contribution < 1.29 is 19.1 Å². The van der Waals surface area contributed by atoms with Gasteiger partial charge in [0.2, 0.25) is 11.8 Å². The molecule has 29 heavy (non-hydrogen) atoms. The highest BCUT2D eigenvalue weighted by Gasteiger charge is 2.28. The van der Waals surface area contributed by atoms with Gasteiger partial charge in [-0.3, -0.25) is 14.9 Å². The van der Waals surface area contributed by atoms with Crippen LogP contribution in [0.3, 0.4) is 0 Å². The number of rotatable bonds is 3. The van der Waals surface area contributed by atoms with E-state index in [9.17, 15) is 14.4 Å². The number of benzene rings is 1. The van der Waals surface area contributed by atoms with Gasteiger partial charge in [0.15, 0.2) is 0 Å². The third-order valence-corrected chi connectivity index (χ3v) is 5.10. The van der Waals surface area contributed by atoms with Crippen molar-refractivity contribution in [2.24, 2.45) is 0 Å². The summed E-state index contributed by atoms with van der Waals surface area (Å²) < 4.78 is 5.43. The average molecular weight is 423 g/mol. The molecule has 1 aromatic carbocycles. The fraction of sp³-hybridized carbons (Fsp3) is 0.550. The minimum atomic E-state index is -0.511. The zero-order chi connectivity index (χ0) is 21.2. The number of piperazine rings is 1. The average Bonchev–Trinajstić information content (AvgIpc) is 2.63. The Hall–Kier alpha value is -2.48. The smallest absolute Gasteiger partial charge is 0.410 e. The van der Waals surface area contributed by atoms with Crippen LogP contribution in [0.2, 0.25) is 5.02 Å². The summed E-state index contributed by atoms with van der Waals surface area (Å²) in [6.07, 6.45) is 0.473. The summed E-state index contributed by atoms with van der Waals surface area (Å²) in [5.41, 5.74) is 1.09. The molecule has 0 aliphatic carbocycles. The van der Waals surface area contributed by atoms with E-state index in [1.807, 2.05) is 32.9 Å². The van der Waals surface area contributed by atoms with E-state index in [2.05, 4.69) is 15.5 Å². The monoisotopic (exact) mass is 422 g/mol. The quantitative estimate of drug-likeness (QED) is 0.727. The number of carbonyl (C=O) groups excluding carboxylic acids is 3. The number of hydrogen-bond acceptors (Lipinski definition) is 6. The van der Waals surface area contributed by atoms with Crippen LogP contribution < -0.4 is 15.5 Å². The lowest BCUT2D eigenvalue weighted by Gasteiger charge is -2.37. The number of nitrogens with one attached hydrogen (secondary N) is 2. The van der Waals surface area contributed by atoms with Crippen molar-refractivity contribution >= 4 is 40.9 Å². The van der Waals surface area contributed by atoms with Crippen molar-refractivity contribution in [3.8, 4) is 0 Å². The SMILES string of the molecule is CC(C)(C)OC(=O)N1CCN(c2ccc(NC3CCC(=O)NC3=O)cc2Cl)CC1. The number of hydrogen-bond donors (Lipinski definition) is 2. The number of halogens is 1. The highest BCUT2D eigenvalue weighted by Crippen LogP contribution is 2.30. The third-order valence-electron chi connectivity index (χ3n) is 4.80. The molecule has 2 aliphatic heterocycles. The maximum atomic E-state index is 12.2. The molecule has 0 saturated carbocycles. The maximum absolute atomic E-state index is 12.2. The second kappa shape index (κ2) is 8.49. The van der Waals surface area contributed by atoms with Gasteiger partial charge in [-0.25, -0.2) is 4.79 Å². The second-order valence-corrected chi connectivity index (χ2v) is 8.68. The lowest BCUT2D eigenvalue weighted by molar-refractivity contribution is -0.133. The van der Waals surface area contributed by atoms with E-state index in [1.165, 1.54) is 0 Å². The first-order valence-corrected chi connectivity index (χ1v) is 10.1. The number of amides is 3. The zero-order valence-electron chi connectivity index (χ0n) is 17.0. The molecule has 0 spiro atoms. The Kier molecular flexibility index (Phi) is 6.21. The van der Waals surface area contributed by atoms with Gasteiger partial charge in [0, 0.05) is 38.3 Å². The number of ether oxygens (including phenoxy) is 1. The summed E-state index contributed by atoms with van der Waals surface area (Å²) in [5.74, 6) is -0.563. The minimum Gasteiger partial charge on any atom is -0.444 e. The fourth-order valence-electron chi connectivity index (χ4n) is 3.34. The Morgan fingerprint density at radius 3 is 2.48 bits per heavy atom. The molecular weight excluding hydrogens is 396 g/mol. The molecule has 2 fully saturated rings. The number of anilines is 2. The summed E-state index contributed by atoms with van der Waals surface area (Å²) in [5, 5.41) is 6.02. The summed E-state index contributed by atoms with van der Waals surface area (Å²) in [6.45, 7) is 7.97. The molecule has 9 heteroatoms. The van der Waals surface area contributed by atoms with Gasteiger partial charge in [0.1, 0.15) is 11.6 Å². The van der Waals surface area contributed by atoms with Crippen LogP contribution in [0, 0.1) is 0 Å². The van der Waals surface area contributed by atoms with Gasteiger partial charge < -0.3 is 19.9 Å². The van der Waals surface area contributed by atoms with E-state index in [4.69, 9.17) is 16.3 Å². The van der Waals surface area contributed by atoms with E-state index >= 15 is 0 Å². The first kappa shape index (κ1) is 21.2. The Balaban J connectivity index is 1.58. The fourth-order valence-corrected chi connectivity index (χ4v) is 3.64. The number of carbonyl (C=O) groups is 3. The van der Waals surface area contributed by atoms with Crippen LogP contribution in [0.4, 0.5) is 16.2 Å². The molecule has 1 aromatic rings. The molecule has 1 atom stereocenters. The van der Waals surface area contributed by atoms with Crippen molar-refractivity contribution in [2.75, 3.05) is 36.4 Å². The molecule has 1 unspecified atom stereocenters. The van der Waals surface area contributed by atoms with Crippen LogP contribution in [0.15, 0.2) is 18.2 Å². The predicted molar refractivity (Wildman–Crippen MR) is 111 cm³/mol. The van der Waals surface area contributed by atoms with E-state index in [0.29, 0.717) is 44.0 Å². The summed E-state index contributed by atoms with van der Waals surface area (Å²) in [7, 11) is 0. The molecule has 2 saturated heterocycles. The normalized spacial score (nSPS) is 20.3. The molecule has 3 rings (SSSR count). The van der Waals surface area contributed by atoms with E-state index in [0.717, 1.165) is 11.4 Å². The molecular formula is C20H27ClN4O4. The highest BCUT2D eigenvalue weighted by atomic mass is 35.5. The van der Waals surface area contributed by atoms with Gasteiger partial charge >= 0.3 is 6.09 Å². The number of nitrogens with zero attached hydrogens (tertiary/aromatic N) is 2. The van der Waals surface area contributed by atoms with Gasteiger partial charge in [-0.2, -0.15) is 0 Å². The van der Waals surface area contributed by atoms with E-state index in [1.54, 1.807) is 11.0 Å². The van der Waals surface area contributed by atoms with Crippen LogP contribution in [0.1, 0.15) is 33.6 Å². The van der Waals surface area contributed by atoms with Crippen LogP contribution in [-0.4, -0.2) is 60.6 Å². The Labute approximate surface area is 175 Å². The Bertz CT molecular complexity index is 800. The van der Waals surface area contributed by atoms with Crippen LogP contribution in [-0.2, 0) is 14.3 Å². The predicted octanol–water partition coefficient (Wildman–Crippen LogP) is 2.61. The molecule has 2 heterocycles. The standard InChI is InChI=1S/C20H27ClN4O4/c1-20(2,3)29-19(28)25-10-8-24(9-11-25)16-6-4-13(12-14(16)21)22-15-5-7-17(26)23-18(15)27/h4,6,12,15,22H,5,7-11H2,1-3H3,(H,23,26,27). The molecule has 0 radical (unpaired) electrons. The van der Waals surface area contributed by atoms with Crippen molar-refractivity contribution in [2.45, 2.75) is 45.3 Å². The van der Waals surface area contributed by atoms with E-state index in [-0.39, 0.29) is 17.9 Å². The molecule has 3 amide bonds. The molecule has 0 aromatic heterocycles. The molecule has 2 N–H and O–H groups in total. The van der Waals surface area contributed by atoms with Crippen molar-refractivity contribution in [3.63, 3.8) is 0 Å². The van der Waals surface area contributed by atoms with Crippen molar-refractivity contribution in [1.29, 1.82) is 0 Å². The largest absolute Gasteiger partial charge is 0.444 e. The molecule has 158 valence electrons. The minimum absolute atomic E-state index is 0.244. The van der Waals surface area contributed by atoms with Gasteiger partial charge in [-0.15, -0.1) is 0 Å². The number of piperidine rings is 1. The first-order chi connectivity index (χ1) is 13.6. The lowest BCUT2D eigenvalue weighted by Crippen LogP contribution is -2.50. The van der Waals surface area contributed by atoms with Crippen LogP contribution in [0.25, 0.3) is 0 Å². The van der Waals surface area contributed by atoms with Gasteiger partial charge in [0.05, 0.1) is 10.7 Å². The zero-order valence-corrected chi connectivity index (χ0v) is 17.7.